The van der Waals surface area contributed by atoms with E-state index in [0.717, 1.165) is 11.3 Å². The predicted molar refractivity (Wildman–Crippen MR) is 87.4 cm³/mol. The Morgan fingerprint density at radius 1 is 1.41 bits per heavy atom. The normalized spacial score (nSPS) is 12.7. The van der Waals surface area contributed by atoms with Crippen LogP contribution >= 0.6 is 22.9 Å². The summed E-state index contributed by atoms with van der Waals surface area (Å²) in [6.45, 7) is 0. The Labute approximate surface area is 136 Å². The molecule has 0 radical (unpaired) electrons. The lowest BCUT2D eigenvalue weighted by atomic mass is 10.2. The second-order valence-corrected chi connectivity index (χ2v) is 6.10. The molecule has 0 saturated carbocycles. The average Bonchev–Trinajstić information content (AvgIpc) is 3.10. The van der Waals surface area contributed by atoms with Crippen LogP contribution in [0, 0.1) is 0 Å². The van der Waals surface area contributed by atoms with E-state index in [1.807, 2.05) is 24.4 Å². The minimum absolute atomic E-state index is 0.147. The minimum atomic E-state index is -0.444. The van der Waals surface area contributed by atoms with Gasteiger partial charge in [0, 0.05) is 11.6 Å². The van der Waals surface area contributed by atoms with Crippen LogP contribution in [0.4, 0.5) is 5.69 Å². The Balaban J connectivity index is 1.86. The summed E-state index contributed by atoms with van der Waals surface area (Å²) < 4.78 is 1.71. The number of aromatic nitrogens is 3. The molecule has 22 heavy (non-hydrogen) atoms. The summed E-state index contributed by atoms with van der Waals surface area (Å²) in [6.07, 6.45) is 3.32. The number of hydrogen-bond donors (Lipinski definition) is 1. The molecule has 1 unspecified atom stereocenters. The smallest absolute Gasteiger partial charge is 0.248 e. The zero-order valence-electron chi connectivity index (χ0n) is 12.0. The molecule has 0 spiro atoms. The molecule has 0 aliphatic carbocycles. The van der Waals surface area contributed by atoms with Crippen LogP contribution in [0.25, 0.3) is 5.65 Å². The van der Waals surface area contributed by atoms with Gasteiger partial charge in [-0.2, -0.15) is 0 Å². The summed E-state index contributed by atoms with van der Waals surface area (Å²) in [5, 5.41) is 5.27. The van der Waals surface area contributed by atoms with Gasteiger partial charge in [0.1, 0.15) is 16.8 Å². The molecule has 6 nitrogen and oxygen atoms in total. The van der Waals surface area contributed by atoms with E-state index in [2.05, 4.69) is 15.3 Å². The van der Waals surface area contributed by atoms with Crippen molar-refractivity contribution in [2.75, 3.05) is 19.4 Å². The fourth-order valence-corrected chi connectivity index (χ4v) is 2.98. The molecule has 0 aliphatic rings. The second-order valence-electron chi connectivity index (χ2n) is 5.00. The standard InChI is InChI=1S/C14H14ClN5OS/c1-19(2)13(10-7-22-8-17-10)14(21)18-9-3-4-12-16-5-11(15)20(12)6-9/h3-8,13H,1-2H3,(H,18,21). The first-order chi connectivity index (χ1) is 10.6. The van der Waals surface area contributed by atoms with Crippen LogP contribution in [-0.2, 0) is 4.79 Å². The summed E-state index contributed by atoms with van der Waals surface area (Å²) in [4.78, 5) is 22.8. The first-order valence-corrected chi connectivity index (χ1v) is 7.86. The van der Waals surface area contributed by atoms with Crippen molar-refractivity contribution in [2.24, 2.45) is 0 Å². The van der Waals surface area contributed by atoms with Crippen molar-refractivity contribution in [1.82, 2.24) is 19.3 Å². The highest BCUT2D eigenvalue weighted by Gasteiger charge is 2.24. The monoisotopic (exact) mass is 335 g/mol. The number of rotatable bonds is 4. The van der Waals surface area contributed by atoms with Gasteiger partial charge in [0.05, 0.1) is 23.1 Å². The molecule has 1 atom stereocenters. The van der Waals surface area contributed by atoms with E-state index in [4.69, 9.17) is 11.6 Å². The minimum Gasteiger partial charge on any atom is -0.323 e. The third kappa shape index (κ3) is 2.83. The number of anilines is 1. The zero-order valence-corrected chi connectivity index (χ0v) is 13.6. The molecule has 0 bridgehead atoms. The van der Waals surface area contributed by atoms with E-state index in [-0.39, 0.29) is 5.91 Å². The largest absolute Gasteiger partial charge is 0.323 e. The summed E-state index contributed by atoms with van der Waals surface area (Å²) in [5.74, 6) is -0.147. The maximum atomic E-state index is 12.6. The lowest BCUT2D eigenvalue weighted by Gasteiger charge is -2.21. The van der Waals surface area contributed by atoms with Crippen molar-refractivity contribution in [3.63, 3.8) is 0 Å². The SMILES string of the molecule is CN(C)C(C(=O)Nc1ccc2ncc(Cl)n2c1)c1cscn1. The molecule has 1 amide bonds. The van der Waals surface area contributed by atoms with Crippen molar-refractivity contribution in [2.45, 2.75) is 6.04 Å². The zero-order chi connectivity index (χ0) is 15.7. The summed E-state index contributed by atoms with van der Waals surface area (Å²) in [6, 6.07) is 3.15. The Bertz CT molecular complexity index is 799. The predicted octanol–water partition coefficient (Wildman–Crippen LogP) is 2.69. The Kier molecular flexibility index (Phi) is 4.10. The van der Waals surface area contributed by atoms with E-state index in [1.165, 1.54) is 11.3 Å². The van der Waals surface area contributed by atoms with E-state index in [0.29, 0.717) is 10.8 Å². The number of nitrogens with zero attached hydrogens (tertiary/aromatic N) is 4. The van der Waals surface area contributed by atoms with Crippen molar-refractivity contribution >= 4 is 40.2 Å². The van der Waals surface area contributed by atoms with Crippen LogP contribution in [-0.4, -0.2) is 39.3 Å². The van der Waals surface area contributed by atoms with Crippen LogP contribution < -0.4 is 5.32 Å². The molecule has 3 aromatic heterocycles. The molecule has 0 aliphatic heterocycles. The van der Waals surface area contributed by atoms with Crippen molar-refractivity contribution in [3.05, 3.63) is 46.3 Å². The van der Waals surface area contributed by atoms with Crippen LogP contribution in [0.2, 0.25) is 5.15 Å². The number of nitrogens with one attached hydrogen (secondary N) is 1. The number of amides is 1. The topological polar surface area (TPSA) is 62.5 Å². The maximum Gasteiger partial charge on any atom is 0.248 e. The summed E-state index contributed by atoms with van der Waals surface area (Å²) in [5.41, 5.74) is 3.83. The van der Waals surface area contributed by atoms with Crippen molar-refractivity contribution in [3.8, 4) is 0 Å². The van der Waals surface area contributed by atoms with Gasteiger partial charge >= 0.3 is 0 Å². The third-order valence-electron chi connectivity index (χ3n) is 3.22. The fourth-order valence-electron chi connectivity index (χ4n) is 2.23. The second kappa shape index (κ2) is 6.04. The van der Waals surface area contributed by atoms with Gasteiger partial charge in [-0.15, -0.1) is 11.3 Å². The molecule has 1 N–H and O–H groups in total. The lowest BCUT2D eigenvalue weighted by Crippen LogP contribution is -2.32. The van der Waals surface area contributed by atoms with Crippen molar-refractivity contribution < 1.29 is 4.79 Å². The number of imidazole rings is 1. The third-order valence-corrected chi connectivity index (χ3v) is 4.11. The summed E-state index contributed by atoms with van der Waals surface area (Å²) >= 11 is 7.51. The van der Waals surface area contributed by atoms with Gasteiger partial charge < -0.3 is 5.32 Å². The van der Waals surface area contributed by atoms with Gasteiger partial charge in [-0.05, 0) is 26.2 Å². The van der Waals surface area contributed by atoms with Crippen LogP contribution in [0.15, 0.2) is 35.4 Å². The highest BCUT2D eigenvalue weighted by atomic mass is 35.5. The molecule has 114 valence electrons. The van der Waals surface area contributed by atoms with Gasteiger partial charge in [-0.25, -0.2) is 9.97 Å². The average molecular weight is 336 g/mol. The number of pyridine rings is 1. The number of carbonyl (C=O) groups excluding carboxylic acids is 1. The molecule has 8 heteroatoms. The quantitative estimate of drug-likeness (QED) is 0.796. The van der Waals surface area contributed by atoms with Crippen LogP contribution in [0.5, 0.6) is 0 Å². The van der Waals surface area contributed by atoms with Crippen LogP contribution in [0.1, 0.15) is 11.7 Å². The van der Waals surface area contributed by atoms with Crippen molar-refractivity contribution in [1.29, 1.82) is 0 Å². The highest BCUT2D eigenvalue weighted by Crippen LogP contribution is 2.21. The van der Waals surface area contributed by atoms with E-state index < -0.39 is 6.04 Å². The molecule has 0 aromatic carbocycles. The number of carbonyl (C=O) groups is 1. The Morgan fingerprint density at radius 3 is 2.91 bits per heavy atom. The molecule has 0 fully saturated rings. The number of likely N-dealkylation sites (N-methyl/N-ethyl adjacent to an activating group) is 1. The molecule has 3 aromatic rings. The maximum absolute atomic E-state index is 12.6. The molecular formula is C14H14ClN5OS. The molecule has 3 rings (SSSR count). The molecule has 3 heterocycles. The van der Waals surface area contributed by atoms with Crippen LogP contribution in [0.3, 0.4) is 0 Å². The first kappa shape index (κ1) is 15.0. The van der Waals surface area contributed by atoms with Gasteiger partial charge in [-0.3, -0.25) is 14.1 Å². The van der Waals surface area contributed by atoms with E-state index >= 15 is 0 Å². The fraction of sp³-hybridized carbons (Fsp3) is 0.214. The van der Waals surface area contributed by atoms with E-state index in [1.54, 1.807) is 34.4 Å². The lowest BCUT2D eigenvalue weighted by molar-refractivity contribution is -0.120. The van der Waals surface area contributed by atoms with Gasteiger partial charge in [0.2, 0.25) is 5.91 Å². The number of halogens is 1. The summed E-state index contributed by atoms with van der Waals surface area (Å²) in [7, 11) is 3.69. The van der Waals surface area contributed by atoms with Gasteiger partial charge in [0.25, 0.3) is 0 Å². The Hall–Kier alpha value is -1.96. The number of fused-ring (bicyclic) bond motifs is 1. The van der Waals surface area contributed by atoms with E-state index in [9.17, 15) is 4.79 Å². The Morgan fingerprint density at radius 2 is 2.23 bits per heavy atom. The molecule has 0 saturated heterocycles. The highest BCUT2D eigenvalue weighted by molar-refractivity contribution is 7.07. The number of hydrogen-bond acceptors (Lipinski definition) is 5. The first-order valence-electron chi connectivity index (χ1n) is 6.54. The van der Waals surface area contributed by atoms with Gasteiger partial charge in [0.15, 0.2) is 0 Å². The van der Waals surface area contributed by atoms with Gasteiger partial charge in [-0.1, -0.05) is 11.6 Å². The number of thiazole rings is 1. The molecular weight excluding hydrogens is 322 g/mol.